The van der Waals surface area contributed by atoms with Gasteiger partial charge in [-0.2, -0.15) is 0 Å². The Morgan fingerprint density at radius 3 is 1.25 bits per heavy atom. The summed E-state index contributed by atoms with van der Waals surface area (Å²) in [6, 6.07) is 24.8. The van der Waals surface area contributed by atoms with Crippen molar-refractivity contribution in [2.24, 2.45) is 0 Å². The van der Waals surface area contributed by atoms with Gasteiger partial charge in [0, 0.05) is 35.4 Å². The molecule has 0 aliphatic carbocycles. The first-order chi connectivity index (χ1) is 17.4. The predicted octanol–water partition coefficient (Wildman–Crippen LogP) is 6.26. The minimum Gasteiger partial charge on any atom is -0.338 e. The average Bonchev–Trinajstić information content (AvgIpc) is 3.52. The van der Waals surface area contributed by atoms with Crippen LogP contribution in [0.25, 0.3) is 56.0 Å². The summed E-state index contributed by atoms with van der Waals surface area (Å²) < 4.78 is 0. The Bertz CT molecular complexity index is 1650. The first kappa shape index (κ1) is 21.2. The summed E-state index contributed by atoms with van der Waals surface area (Å²) in [5.41, 5.74) is 6.33. The molecule has 0 fully saturated rings. The molecule has 10 heteroatoms. The maximum Gasteiger partial charge on any atom is 0.271 e. The number of benzene rings is 4. The number of hydrogen-bond donors (Lipinski definition) is 2. The monoisotopic (exact) mass is 476 g/mol. The van der Waals surface area contributed by atoms with Crippen molar-refractivity contribution >= 4 is 33.4 Å². The highest BCUT2D eigenvalue weighted by molar-refractivity contribution is 5.83. The van der Waals surface area contributed by atoms with Crippen LogP contribution in [0.3, 0.4) is 0 Å². The van der Waals surface area contributed by atoms with Gasteiger partial charge in [0.15, 0.2) is 0 Å². The zero-order chi connectivity index (χ0) is 24.8. The first-order valence-corrected chi connectivity index (χ1v) is 10.9. The van der Waals surface area contributed by atoms with Gasteiger partial charge in [0.2, 0.25) is 0 Å². The molecular weight excluding hydrogens is 460 g/mol. The minimum atomic E-state index is -0.430. The van der Waals surface area contributed by atoms with E-state index in [0.29, 0.717) is 33.7 Å². The van der Waals surface area contributed by atoms with Crippen LogP contribution in [-0.4, -0.2) is 29.8 Å². The number of nitrogens with zero attached hydrogens (tertiary/aromatic N) is 4. The molecule has 174 valence electrons. The van der Waals surface area contributed by atoms with Gasteiger partial charge in [0.1, 0.15) is 11.6 Å². The number of imidazole rings is 2. The summed E-state index contributed by atoms with van der Waals surface area (Å²) >= 11 is 0. The van der Waals surface area contributed by atoms with Crippen molar-refractivity contribution in [2.45, 2.75) is 0 Å². The third kappa shape index (κ3) is 3.72. The molecule has 0 saturated heterocycles. The molecule has 0 amide bonds. The number of fused-ring (bicyclic) bond motifs is 2. The van der Waals surface area contributed by atoms with Crippen LogP contribution in [0.4, 0.5) is 11.4 Å². The van der Waals surface area contributed by atoms with E-state index in [4.69, 9.17) is 0 Å². The molecule has 0 bridgehead atoms. The molecule has 2 N–H and O–H groups in total. The second-order valence-corrected chi connectivity index (χ2v) is 8.24. The predicted molar refractivity (Wildman–Crippen MR) is 135 cm³/mol. The molecule has 6 rings (SSSR count). The molecule has 0 unspecified atom stereocenters. The third-order valence-electron chi connectivity index (χ3n) is 6.00. The summed E-state index contributed by atoms with van der Waals surface area (Å²) in [5, 5.41) is 22.0. The number of nitro groups is 2. The number of hydrogen-bond acceptors (Lipinski definition) is 6. The molecular formula is C26H16N6O4. The Balaban J connectivity index is 1.25. The minimum absolute atomic E-state index is 0.0143. The number of non-ortho nitro benzene ring substituents is 2. The molecule has 10 nitrogen and oxygen atoms in total. The van der Waals surface area contributed by atoms with Crippen molar-refractivity contribution in [3.8, 4) is 33.9 Å². The van der Waals surface area contributed by atoms with Crippen molar-refractivity contribution in [2.75, 3.05) is 0 Å². The van der Waals surface area contributed by atoms with Gasteiger partial charge in [-0.1, -0.05) is 48.5 Å². The molecule has 0 aliphatic heterocycles. The zero-order valence-corrected chi connectivity index (χ0v) is 18.5. The quantitative estimate of drug-likeness (QED) is 0.222. The van der Waals surface area contributed by atoms with Crippen molar-refractivity contribution in [1.82, 2.24) is 19.9 Å². The molecule has 0 spiro atoms. The second-order valence-electron chi connectivity index (χ2n) is 8.24. The number of H-pyrrole nitrogens is 2. The van der Waals surface area contributed by atoms with Gasteiger partial charge < -0.3 is 9.97 Å². The highest BCUT2D eigenvalue weighted by atomic mass is 16.6. The van der Waals surface area contributed by atoms with Crippen LogP contribution in [-0.2, 0) is 0 Å². The third-order valence-corrected chi connectivity index (χ3v) is 6.00. The zero-order valence-electron chi connectivity index (χ0n) is 18.5. The fraction of sp³-hybridized carbons (Fsp3) is 0. The normalized spacial score (nSPS) is 11.2. The fourth-order valence-electron chi connectivity index (χ4n) is 4.14. The molecule has 0 radical (unpaired) electrons. The van der Waals surface area contributed by atoms with Crippen molar-refractivity contribution in [3.05, 3.63) is 105 Å². The van der Waals surface area contributed by atoms with Crippen LogP contribution in [0.2, 0.25) is 0 Å². The summed E-state index contributed by atoms with van der Waals surface area (Å²) in [4.78, 5) is 36.5. The summed E-state index contributed by atoms with van der Waals surface area (Å²) in [6.07, 6.45) is 0. The average molecular weight is 476 g/mol. The van der Waals surface area contributed by atoms with E-state index in [-0.39, 0.29) is 11.4 Å². The number of nitro benzene ring substituents is 2. The van der Waals surface area contributed by atoms with E-state index < -0.39 is 9.85 Å². The summed E-state index contributed by atoms with van der Waals surface area (Å²) in [7, 11) is 0. The number of aromatic amines is 2. The lowest BCUT2D eigenvalue weighted by atomic mass is 10.0. The topological polar surface area (TPSA) is 144 Å². The molecule has 2 heterocycles. The Hall–Kier alpha value is -5.38. The lowest BCUT2D eigenvalue weighted by molar-refractivity contribution is -0.384. The van der Waals surface area contributed by atoms with Crippen LogP contribution in [0.1, 0.15) is 0 Å². The van der Waals surface area contributed by atoms with Gasteiger partial charge in [-0.15, -0.1) is 0 Å². The van der Waals surface area contributed by atoms with Gasteiger partial charge in [-0.25, -0.2) is 9.97 Å². The summed E-state index contributed by atoms with van der Waals surface area (Å²) in [5.74, 6) is 1.27. The fourth-order valence-corrected chi connectivity index (χ4v) is 4.14. The van der Waals surface area contributed by atoms with E-state index in [1.165, 1.54) is 24.3 Å². The van der Waals surface area contributed by atoms with Gasteiger partial charge in [0.25, 0.3) is 11.4 Å². The van der Waals surface area contributed by atoms with Gasteiger partial charge in [-0.3, -0.25) is 20.2 Å². The van der Waals surface area contributed by atoms with E-state index >= 15 is 0 Å². The highest BCUT2D eigenvalue weighted by Crippen LogP contribution is 2.29. The van der Waals surface area contributed by atoms with Crippen molar-refractivity contribution in [3.63, 3.8) is 0 Å². The van der Waals surface area contributed by atoms with Crippen LogP contribution in [0, 0.1) is 20.2 Å². The van der Waals surface area contributed by atoms with E-state index in [1.54, 1.807) is 12.1 Å². The molecule has 36 heavy (non-hydrogen) atoms. The number of aromatic nitrogens is 4. The smallest absolute Gasteiger partial charge is 0.271 e. The maximum absolute atomic E-state index is 11.0. The Morgan fingerprint density at radius 1 is 0.528 bits per heavy atom. The highest BCUT2D eigenvalue weighted by Gasteiger charge is 2.12. The van der Waals surface area contributed by atoms with E-state index in [9.17, 15) is 20.2 Å². The molecule has 6 aromatic rings. The van der Waals surface area contributed by atoms with E-state index in [2.05, 4.69) is 19.9 Å². The summed E-state index contributed by atoms with van der Waals surface area (Å²) in [6.45, 7) is 0. The molecule has 4 aromatic carbocycles. The van der Waals surface area contributed by atoms with Crippen molar-refractivity contribution in [1.29, 1.82) is 0 Å². The lowest BCUT2D eigenvalue weighted by Gasteiger charge is -2.04. The number of rotatable bonds is 5. The standard InChI is InChI=1S/C26H16N6O4/c33-31(34)19-9-11-21-23(13-19)29-25(27-21)17-5-1-15(2-6-17)16-3-7-18(8-4-16)26-28-22-12-10-20(32(35)36)14-24(22)30-26/h1-14H,(H,27,29)(H,28,30). The molecule has 0 atom stereocenters. The molecule has 0 aliphatic rings. The lowest BCUT2D eigenvalue weighted by Crippen LogP contribution is -1.86. The van der Waals surface area contributed by atoms with E-state index in [0.717, 1.165) is 22.3 Å². The van der Waals surface area contributed by atoms with Crippen LogP contribution in [0.15, 0.2) is 84.9 Å². The first-order valence-electron chi connectivity index (χ1n) is 10.9. The Labute approximate surface area is 202 Å². The SMILES string of the molecule is O=[N+]([O-])c1ccc2nc(-c3ccc(-c4ccc(-c5nc6ccc([N+](=O)[O-])cc6[nH]5)cc4)cc3)[nH]c2c1. The van der Waals surface area contributed by atoms with Gasteiger partial charge in [0.05, 0.1) is 31.9 Å². The van der Waals surface area contributed by atoms with Crippen LogP contribution < -0.4 is 0 Å². The Kier molecular flexibility index (Phi) is 4.78. The molecule has 0 saturated carbocycles. The van der Waals surface area contributed by atoms with Crippen LogP contribution >= 0.6 is 0 Å². The van der Waals surface area contributed by atoms with Crippen molar-refractivity contribution < 1.29 is 9.85 Å². The number of nitrogens with one attached hydrogen (secondary N) is 2. The largest absolute Gasteiger partial charge is 0.338 e. The molecule has 2 aromatic heterocycles. The second kappa shape index (κ2) is 8.13. The van der Waals surface area contributed by atoms with Crippen LogP contribution in [0.5, 0.6) is 0 Å². The maximum atomic E-state index is 11.0. The van der Waals surface area contributed by atoms with Gasteiger partial charge in [-0.05, 0) is 23.3 Å². The Morgan fingerprint density at radius 2 is 0.889 bits per heavy atom. The van der Waals surface area contributed by atoms with Gasteiger partial charge >= 0.3 is 0 Å². The van der Waals surface area contributed by atoms with E-state index in [1.807, 2.05) is 48.5 Å².